The molecule has 30 heavy (non-hydrogen) atoms. The third-order valence-corrected chi connectivity index (χ3v) is 5.30. The molecule has 1 fully saturated rings. The van der Waals surface area contributed by atoms with Crippen LogP contribution in [0.15, 0.2) is 30.5 Å². The minimum atomic E-state index is -0.211. The molecule has 1 aliphatic rings. The Morgan fingerprint density at radius 2 is 2.17 bits per heavy atom. The summed E-state index contributed by atoms with van der Waals surface area (Å²) in [5.41, 5.74) is 1.40. The van der Waals surface area contributed by atoms with Crippen LogP contribution in [0.5, 0.6) is 5.75 Å². The second-order valence-corrected chi connectivity index (χ2v) is 8.18. The number of carbonyl (C=O) groups excluding carboxylic acids is 2. The number of carbonyl (C=O) groups is 2. The SMILES string of the molecule is COc1cccc(CCC(=O)N2CCCC(n3cc(C(=O)NCC(C)C)nn3)C2)c1. The van der Waals surface area contributed by atoms with Gasteiger partial charge in [0.1, 0.15) is 5.75 Å². The molecule has 0 spiro atoms. The number of rotatable bonds is 8. The number of nitrogens with one attached hydrogen (secondary N) is 1. The number of nitrogens with zero attached hydrogens (tertiary/aromatic N) is 4. The first-order valence-corrected chi connectivity index (χ1v) is 10.6. The fourth-order valence-corrected chi connectivity index (χ4v) is 3.58. The van der Waals surface area contributed by atoms with Crippen LogP contribution < -0.4 is 10.1 Å². The second-order valence-electron chi connectivity index (χ2n) is 8.18. The smallest absolute Gasteiger partial charge is 0.273 e. The molecule has 2 amide bonds. The highest BCUT2D eigenvalue weighted by atomic mass is 16.5. The van der Waals surface area contributed by atoms with Crippen molar-refractivity contribution in [3.8, 4) is 5.75 Å². The van der Waals surface area contributed by atoms with Gasteiger partial charge in [-0.15, -0.1) is 5.10 Å². The van der Waals surface area contributed by atoms with Crippen LogP contribution in [0.25, 0.3) is 0 Å². The number of methoxy groups -OCH3 is 1. The van der Waals surface area contributed by atoms with Gasteiger partial charge in [0.15, 0.2) is 5.69 Å². The molecule has 0 bridgehead atoms. The molecule has 0 aliphatic carbocycles. The van der Waals surface area contributed by atoms with Crippen LogP contribution in [0.4, 0.5) is 0 Å². The summed E-state index contributed by atoms with van der Waals surface area (Å²) >= 11 is 0. The number of hydrogen-bond acceptors (Lipinski definition) is 5. The van der Waals surface area contributed by atoms with Crippen molar-refractivity contribution in [3.05, 3.63) is 41.7 Å². The first-order chi connectivity index (χ1) is 14.5. The summed E-state index contributed by atoms with van der Waals surface area (Å²) < 4.78 is 6.98. The van der Waals surface area contributed by atoms with Crippen molar-refractivity contribution in [1.82, 2.24) is 25.2 Å². The van der Waals surface area contributed by atoms with E-state index in [1.54, 1.807) is 18.0 Å². The minimum absolute atomic E-state index is 0.0404. The lowest BCUT2D eigenvalue weighted by atomic mass is 10.0. The highest BCUT2D eigenvalue weighted by Crippen LogP contribution is 2.22. The predicted molar refractivity (Wildman–Crippen MR) is 113 cm³/mol. The standard InChI is InChI=1S/C22H31N5O3/c1-16(2)13-23-22(29)20-15-27(25-24-20)18-7-5-11-26(14-18)21(28)10-9-17-6-4-8-19(12-17)30-3/h4,6,8,12,15-16,18H,5,7,9-11,13-14H2,1-3H3,(H,23,29). The Labute approximate surface area is 177 Å². The Morgan fingerprint density at radius 3 is 2.93 bits per heavy atom. The molecular weight excluding hydrogens is 382 g/mol. The maximum Gasteiger partial charge on any atom is 0.273 e. The van der Waals surface area contributed by atoms with Crippen molar-refractivity contribution in [2.24, 2.45) is 5.92 Å². The Morgan fingerprint density at radius 1 is 1.33 bits per heavy atom. The summed E-state index contributed by atoms with van der Waals surface area (Å²) in [6.45, 7) is 6.03. The highest BCUT2D eigenvalue weighted by Gasteiger charge is 2.26. The number of aromatic nitrogens is 3. The Balaban J connectivity index is 1.54. The first-order valence-electron chi connectivity index (χ1n) is 10.6. The van der Waals surface area contributed by atoms with E-state index in [0.717, 1.165) is 30.7 Å². The van der Waals surface area contributed by atoms with Crippen molar-refractivity contribution in [3.63, 3.8) is 0 Å². The van der Waals surface area contributed by atoms with E-state index in [0.29, 0.717) is 37.5 Å². The minimum Gasteiger partial charge on any atom is -0.497 e. The Kier molecular flexibility index (Phi) is 7.43. The zero-order chi connectivity index (χ0) is 21.5. The molecule has 0 radical (unpaired) electrons. The van der Waals surface area contributed by atoms with Crippen molar-refractivity contribution >= 4 is 11.8 Å². The van der Waals surface area contributed by atoms with E-state index in [9.17, 15) is 9.59 Å². The van der Waals surface area contributed by atoms with Gasteiger partial charge in [-0.05, 0) is 42.9 Å². The van der Waals surface area contributed by atoms with E-state index in [1.165, 1.54) is 0 Å². The van der Waals surface area contributed by atoms with Crippen LogP contribution in [0.1, 0.15) is 55.2 Å². The summed E-state index contributed by atoms with van der Waals surface area (Å²) in [5.74, 6) is 1.10. The van der Waals surface area contributed by atoms with E-state index in [2.05, 4.69) is 15.6 Å². The third kappa shape index (κ3) is 5.81. The summed E-state index contributed by atoms with van der Waals surface area (Å²) in [6.07, 6.45) is 4.64. The zero-order valence-electron chi connectivity index (χ0n) is 18.0. The molecule has 3 rings (SSSR count). The maximum atomic E-state index is 12.8. The van der Waals surface area contributed by atoms with Crippen LogP contribution in [0.3, 0.4) is 0 Å². The number of likely N-dealkylation sites (tertiary alicyclic amines) is 1. The lowest BCUT2D eigenvalue weighted by Crippen LogP contribution is -2.41. The van der Waals surface area contributed by atoms with Gasteiger partial charge in [0.2, 0.25) is 5.91 Å². The molecule has 1 N–H and O–H groups in total. The average molecular weight is 414 g/mol. The van der Waals surface area contributed by atoms with Gasteiger partial charge in [0.25, 0.3) is 5.91 Å². The number of hydrogen-bond donors (Lipinski definition) is 1. The van der Waals surface area contributed by atoms with Crippen molar-refractivity contribution in [2.45, 2.75) is 45.6 Å². The van der Waals surface area contributed by atoms with Gasteiger partial charge < -0.3 is 15.0 Å². The number of benzene rings is 1. The summed E-state index contributed by atoms with van der Waals surface area (Å²) in [6, 6.07) is 7.85. The molecule has 1 atom stereocenters. The van der Waals surface area contributed by atoms with Crippen LogP contribution in [0.2, 0.25) is 0 Å². The topological polar surface area (TPSA) is 89.4 Å². The molecule has 1 saturated heterocycles. The average Bonchev–Trinajstić information content (AvgIpc) is 3.26. The van der Waals surface area contributed by atoms with Gasteiger partial charge >= 0.3 is 0 Å². The lowest BCUT2D eigenvalue weighted by molar-refractivity contribution is -0.132. The fraction of sp³-hybridized carbons (Fsp3) is 0.545. The van der Waals surface area contributed by atoms with Crippen LogP contribution in [-0.4, -0.2) is 58.5 Å². The van der Waals surface area contributed by atoms with E-state index in [-0.39, 0.29) is 17.9 Å². The van der Waals surface area contributed by atoms with Crippen molar-refractivity contribution in [2.75, 3.05) is 26.7 Å². The number of piperidine rings is 1. The molecule has 1 unspecified atom stereocenters. The van der Waals surface area contributed by atoms with Gasteiger partial charge in [-0.3, -0.25) is 9.59 Å². The van der Waals surface area contributed by atoms with Gasteiger partial charge in [0, 0.05) is 26.1 Å². The number of aryl methyl sites for hydroxylation is 1. The molecule has 2 heterocycles. The lowest BCUT2D eigenvalue weighted by Gasteiger charge is -2.32. The predicted octanol–water partition coefficient (Wildman–Crippen LogP) is 2.47. The Bertz CT molecular complexity index is 864. The molecule has 8 heteroatoms. The molecule has 8 nitrogen and oxygen atoms in total. The summed E-state index contributed by atoms with van der Waals surface area (Å²) in [5, 5.41) is 11.0. The number of amides is 2. The maximum absolute atomic E-state index is 12.8. The zero-order valence-corrected chi connectivity index (χ0v) is 18.0. The van der Waals surface area contributed by atoms with Gasteiger partial charge in [-0.25, -0.2) is 4.68 Å². The van der Waals surface area contributed by atoms with E-state index >= 15 is 0 Å². The quantitative estimate of drug-likeness (QED) is 0.718. The first kappa shape index (κ1) is 21.8. The third-order valence-electron chi connectivity index (χ3n) is 5.30. The van der Waals surface area contributed by atoms with Crippen LogP contribution in [0, 0.1) is 5.92 Å². The van der Waals surface area contributed by atoms with Gasteiger partial charge in [-0.2, -0.15) is 0 Å². The van der Waals surface area contributed by atoms with Crippen LogP contribution >= 0.6 is 0 Å². The molecule has 162 valence electrons. The molecule has 0 saturated carbocycles. The van der Waals surface area contributed by atoms with Gasteiger partial charge in [-0.1, -0.05) is 31.2 Å². The van der Waals surface area contributed by atoms with E-state index in [1.807, 2.05) is 43.0 Å². The summed E-state index contributed by atoms with van der Waals surface area (Å²) in [7, 11) is 1.64. The second kappa shape index (κ2) is 10.2. The monoisotopic (exact) mass is 413 g/mol. The van der Waals surface area contributed by atoms with Gasteiger partial charge in [0.05, 0.1) is 19.3 Å². The molecule has 2 aromatic rings. The largest absolute Gasteiger partial charge is 0.497 e. The van der Waals surface area contributed by atoms with Crippen LogP contribution in [-0.2, 0) is 11.2 Å². The van der Waals surface area contributed by atoms with Crippen molar-refractivity contribution < 1.29 is 14.3 Å². The normalized spacial score (nSPS) is 16.5. The van der Waals surface area contributed by atoms with E-state index < -0.39 is 0 Å². The highest BCUT2D eigenvalue weighted by molar-refractivity contribution is 5.91. The number of ether oxygens (including phenoxy) is 1. The molecule has 1 aromatic heterocycles. The van der Waals surface area contributed by atoms with E-state index in [4.69, 9.17) is 4.74 Å². The molecule has 1 aromatic carbocycles. The molecule has 1 aliphatic heterocycles. The Hall–Kier alpha value is -2.90. The van der Waals surface area contributed by atoms with Crippen molar-refractivity contribution in [1.29, 1.82) is 0 Å². The fourth-order valence-electron chi connectivity index (χ4n) is 3.58. The molecular formula is C22H31N5O3. The summed E-state index contributed by atoms with van der Waals surface area (Å²) in [4.78, 5) is 26.8.